The van der Waals surface area contributed by atoms with E-state index in [0.717, 1.165) is 17.1 Å². The van der Waals surface area contributed by atoms with Gasteiger partial charge >= 0.3 is 0 Å². The molecule has 0 fully saturated rings. The van der Waals surface area contributed by atoms with Crippen LogP contribution in [0.15, 0.2) is 54.7 Å². The normalized spacial score (nSPS) is 10.6. The van der Waals surface area contributed by atoms with Crippen LogP contribution >= 0.6 is 0 Å². The van der Waals surface area contributed by atoms with Crippen LogP contribution in [0.5, 0.6) is 5.75 Å². The molecule has 3 aromatic rings. The highest BCUT2D eigenvalue weighted by atomic mass is 16.5. The lowest BCUT2D eigenvalue weighted by atomic mass is 10.2. The Morgan fingerprint density at radius 2 is 1.89 bits per heavy atom. The summed E-state index contributed by atoms with van der Waals surface area (Å²) in [7, 11) is 0. The van der Waals surface area contributed by atoms with Gasteiger partial charge in [0.05, 0.1) is 24.0 Å². The number of nitrogens with one attached hydrogen (secondary N) is 2. The molecule has 0 saturated heterocycles. The van der Waals surface area contributed by atoms with Crippen molar-refractivity contribution in [2.24, 2.45) is 0 Å². The maximum absolute atomic E-state index is 12.5. The number of amides is 1. The van der Waals surface area contributed by atoms with Gasteiger partial charge < -0.3 is 15.4 Å². The van der Waals surface area contributed by atoms with Gasteiger partial charge in [-0.05, 0) is 45.0 Å². The van der Waals surface area contributed by atoms with E-state index < -0.39 is 0 Å². The van der Waals surface area contributed by atoms with E-state index in [-0.39, 0.29) is 17.7 Å². The molecule has 7 nitrogen and oxygen atoms in total. The van der Waals surface area contributed by atoms with E-state index in [4.69, 9.17) is 4.74 Å². The molecule has 144 valence electrons. The minimum Gasteiger partial charge on any atom is -0.489 e. The number of nitrogens with zero attached hydrogens (tertiary/aromatic N) is 3. The van der Waals surface area contributed by atoms with Crippen LogP contribution in [0.1, 0.15) is 35.9 Å². The Morgan fingerprint density at radius 3 is 2.64 bits per heavy atom. The second-order valence-corrected chi connectivity index (χ2v) is 6.48. The van der Waals surface area contributed by atoms with E-state index in [0.29, 0.717) is 18.2 Å². The maximum Gasteiger partial charge on any atom is 0.270 e. The summed E-state index contributed by atoms with van der Waals surface area (Å²) in [6.07, 6.45) is 1.73. The first-order chi connectivity index (χ1) is 13.5. The lowest BCUT2D eigenvalue weighted by Crippen LogP contribution is -2.24. The second kappa shape index (κ2) is 8.94. The fraction of sp³-hybridized carbons (Fsp3) is 0.238. The third-order valence-corrected chi connectivity index (χ3v) is 3.74. The van der Waals surface area contributed by atoms with Crippen molar-refractivity contribution in [2.75, 3.05) is 5.32 Å². The summed E-state index contributed by atoms with van der Waals surface area (Å²) < 4.78 is 5.82. The summed E-state index contributed by atoms with van der Waals surface area (Å²) in [6, 6.07) is 14.8. The Kier molecular flexibility index (Phi) is 6.16. The fourth-order valence-corrected chi connectivity index (χ4v) is 2.58. The number of hydrogen-bond acceptors (Lipinski definition) is 6. The topological polar surface area (TPSA) is 89.0 Å². The van der Waals surface area contributed by atoms with Crippen LogP contribution in [-0.2, 0) is 6.54 Å². The highest BCUT2D eigenvalue weighted by Crippen LogP contribution is 2.27. The predicted molar refractivity (Wildman–Crippen MR) is 108 cm³/mol. The van der Waals surface area contributed by atoms with Gasteiger partial charge in [0, 0.05) is 12.3 Å². The Morgan fingerprint density at radius 1 is 1.11 bits per heavy atom. The van der Waals surface area contributed by atoms with Gasteiger partial charge in [-0.3, -0.25) is 9.78 Å². The van der Waals surface area contributed by atoms with Crippen LogP contribution in [0.3, 0.4) is 0 Å². The highest BCUT2D eigenvalue weighted by molar-refractivity contribution is 5.93. The molecule has 7 heteroatoms. The number of anilines is 2. The molecule has 0 aliphatic rings. The van der Waals surface area contributed by atoms with E-state index in [1.807, 2.05) is 56.3 Å². The Labute approximate surface area is 164 Å². The molecule has 0 radical (unpaired) electrons. The Balaban J connectivity index is 1.75. The van der Waals surface area contributed by atoms with Crippen molar-refractivity contribution in [3.63, 3.8) is 0 Å². The molecular weight excluding hydrogens is 354 g/mol. The molecule has 2 heterocycles. The number of para-hydroxylation sites is 2. The third kappa shape index (κ3) is 5.26. The third-order valence-electron chi connectivity index (χ3n) is 3.74. The van der Waals surface area contributed by atoms with Crippen molar-refractivity contribution in [1.82, 2.24) is 20.3 Å². The summed E-state index contributed by atoms with van der Waals surface area (Å²) in [4.78, 5) is 25.3. The van der Waals surface area contributed by atoms with Gasteiger partial charge in [-0.2, -0.15) is 0 Å². The Hall–Kier alpha value is -3.48. The molecule has 2 aromatic heterocycles. The summed E-state index contributed by atoms with van der Waals surface area (Å²) in [5, 5.41) is 6.05. The summed E-state index contributed by atoms with van der Waals surface area (Å²) >= 11 is 0. The van der Waals surface area contributed by atoms with Gasteiger partial charge in [0.1, 0.15) is 23.1 Å². The number of rotatable bonds is 7. The van der Waals surface area contributed by atoms with Crippen molar-refractivity contribution in [3.05, 3.63) is 71.9 Å². The van der Waals surface area contributed by atoms with Crippen molar-refractivity contribution >= 4 is 17.4 Å². The average Bonchev–Trinajstić information content (AvgIpc) is 2.67. The fourth-order valence-electron chi connectivity index (χ4n) is 2.58. The van der Waals surface area contributed by atoms with Crippen molar-refractivity contribution < 1.29 is 9.53 Å². The monoisotopic (exact) mass is 377 g/mol. The zero-order valence-electron chi connectivity index (χ0n) is 16.1. The molecule has 28 heavy (non-hydrogen) atoms. The van der Waals surface area contributed by atoms with E-state index in [2.05, 4.69) is 25.6 Å². The van der Waals surface area contributed by atoms with Crippen molar-refractivity contribution in [1.29, 1.82) is 0 Å². The zero-order chi connectivity index (χ0) is 19.9. The molecule has 0 aliphatic heterocycles. The van der Waals surface area contributed by atoms with Gasteiger partial charge in [0.15, 0.2) is 0 Å². The molecule has 0 aliphatic carbocycles. The molecular formula is C21H23N5O2. The van der Waals surface area contributed by atoms with Crippen LogP contribution in [0.2, 0.25) is 0 Å². The number of pyridine rings is 1. The predicted octanol–water partition coefficient (Wildman–Crippen LogP) is 3.64. The summed E-state index contributed by atoms with van der Waals surface area (Å²) in [5.41, 5.74) is 1.84. The average molecular weight is 377 g/mol. The van der Waals surface area contributed by atoms with E-state index in [1.54, 1.807) is 19.2 Å². The highest BCUT2D eigenvalue weighted by Gasteiger charge is 2.12. The lowest BCUT2D eigenvalue weighted by molar-refractivity contribution is 0.0945. The lowest BCUT2D eigenvalue weighted by Gasteiger charge is -2.15. The molecule has 1 aromatic carbocycles. The van der Waals surface area contributed by atoms with Gasteiger partial charge in [-0.25, -0.2) is 9.97 Å². The number of benzene rings is 1. The van der Waals surface area contributed by atoms with Crippen LogP contribution in [0.25, 0.3) is 0 Å². The van der Waals surface area contributed by atoms with Crippen LogP contribution in [0.4, 0.5) is 11.5 Å². The Bertz CT molecular complexity index is 945. The van der Waals surface area contributed by atoms with Crippen LogP contribution in [-0.4, -0.2) is 27.0 Å². The molecule has 0 atom stereocenters. The van der Waals surface area contributed by atoms with E-state index in [1.165, 1.54) is 0 Å². The first-order valence-corrected chi connectivity index (χ1v) is 9.08. The van der Waals surface area contributed by atoms with Crippen LogP contribution in [0, 0.1) is 6.92 Å². The van der Waals surface area contributed by atoms with Gasteiger partial charge in [-0.15, -0.1) is 0 Å². The number of carbonyl (C=O) groups is 1. The molecule has 3 rings (SSSR count). The molecule has 2 N–H and O–H groups in total. The van der Waals surface area contributed by atoms with Crippen LogP contribution < -0.4 is 15.4 Å². The summed E-state index contributed by atoms with van der Waals surface area (Å²) in [5.74, 6) is 1.45. The largest absolute Gasteiger partial charge is 0.489 e. The van der Waals surface area contributed by atoms with E-state index >= 15 is 0 Å². The van der Waals surface area contributed by atoms with Crippen molar-refractivity contribution in [2.45, 2.75) is 33.4 Å². The maximum atomic E-state index is 12.5. The standard InChI is InChI=1S/C21H23N5O2/c1-14(2)28-19-10-5-4-9-17(19)26-20-12-18(24-15(3)25-20)21(27)23-13-16-8-6-7-11-22-16/h4-12,14H,13H2,1-3H3,(H,23,27)(H,24,25,26). The van der Waals surface area contributed by atoms with Gasteiger partial charge in [0.2, 0.25) is 0 Å². The van der Waals surface area contributed by atoms with Gasteiger partial charge in [0.25, 0.3) is 5.91 Å². The van der Waals surface area contributed by atoms with Gasteiger partial charge in [-0.1, -0.05) is 18.2 Å². The molecule has 0 unspecified atom stereocenters. The number of aryl methyl sites for hydroxylation is 1. The van der Waals surface area contributed by atoms with Crippen molar-refractivity contribution in [3.8, 4) is 5.75 Å². The smallest absolute Gasteiger partial charge is 0.270 e. The molecule has 0 spiro atoms. The minimum absolute atomic E-state index is 0.0445. The number of carbonyl (C=O) groups excluding carboxylic acids is 1. The van der Waals surface area contributed by atoms with E-state index in [9.17, 15) is 4.79 Å². The number of ether oxygens (including phenoxy) is 1. The first kappa shape index (κ1) is 19.3. The first-order valence-electron chi connectivity index (χ1n) is 9.08. The molecule has 0 bridgehead atoms. The molecule has 1 amide bonds. The minimum atomic E-state index is -0.286. The zero-order valence-corrected chi connectivity index (χ0v) is 16.1. The number of aromatic nitrogens is 3. The SMILES string of the molecule is Cc1nc(Nc2ccccc2OC(C)C)cc(C(=O)NCc2ccccn2)n1. The number of hydrogen-bond donors (Lipinski definition) is 2. The molecule has 0 saturated carbocycles. The second-order valence-electron chi connectivity index (χ2n) is 6.48. The quantitative estimate of drug-likeness (QED) is 0.653. The summed E-state index contributed by atoms with van der Waals surface area (Å²) in [6.45, 7) is 6.01.